The summed E-state index contributed by atoms with van der Waals surface area (Å²) in [6, 6.07) is 8.23. The van der Waals surface area contributed by atoms with Crippen LogP contribution in [0, 0.1) is 0 Å². The van der Waals surface area contributed by atoms with Crippen LogP contribution in [0.5, 0.6) is 0 Å². The number of fused-ring (bicyclic) bond motifs is 2. The van der Waals surface area contributed by atoms with Crippen LogP contribution in [0.3, 0.4) is 0 Å². The molecule has 0 N–H and O–H groups in total. The van der Waals surface area contributed by atoms with Crippen molar-refractivity contribution in [2.75, 3.05) is 39.8 Å². The van der Waals surface area contributed by atoms with Crippen molar-refractivity contribution in [3.8, 4) is 0 Å². The van der Waals surface area contributed by atoms with Crippen LogP contribution in [0.1, 0.15) is 17.0 Å². The standard InChI is InChI=1S/C18H23N5O/c1-20-8-10-21(11-9-20)12-13-23-18(24)22-7-6-15-4-2-3-5-16(15)14-17(22)19-23/h2-7H,8-14H2,1H3. The Labute approximate surface area is 141 Å². The van der Waals surface area contributed by atoms with Crippen molar-refractivity contribution in [3.63, 3.8) is 0 Å². The lowest BCUT2D eigenvalue weighted by Gasteiger charge is -2.32. The van der Waals surface area contributed by atoms with Crippen LogP contribution in [0.25, 0.3) is 12.3 Å². The highest BCUT2D eigenvalue weighted by Crippen LogP contribution is 2.18. The fourth-order valence-electron chi connectivity index (χ4n) is 3.37. The van der Waals surface area contributed by atoms with Gasteiger partial charge < -0.3 is 4.90 Å². The van der Waals surface area contributed by atoms with Gasteiger partial charge in [0.1, 0.15) is 5.82 Å². The molecule has 0 radical (unpaired) electrons. The molecule has 2 aromatic rings. The van der Waals surface area contributed by atoms with Crippen LogP contribution in [0.2, 0.25) is 0 Å². The maximum Gasteiger partial charge on any atom is 0.350 e. The number of hydrogen-bond acceptors (Lipinski definition) is 4. The zero-order valence-electron chi connectivity index (χ0n) is 14.1. The summed E-state index contributed by atoms with van der Waals surface area (Å²) >= 11 is 0. The smallest absolute Gasteiger partial charge is 0.304 e. The van der Waals surface area contributed by atoms with Crippen LogP contribution in [0.4, 0.5) is 0 Å². The zero-order valence-corrected chi connectivity index (χ0v) is 14.1. The third-order valence-electron chi connectivity index (χ3n) is 4.97. The molecule has 0 spiro atoms. The normalized spacial score (nSPS) is 18.2. The molecule has 0 amide bonds. The Kier molecular flexibility index (Phi) is 4.08. The molecule has 6 heteroatoms. The number of rotatable bonds is 3. The van der Waals surface area contributed by atoms with E-state index in [0.717, 1.165) is 44.1 Å². The molecule has 0 aliphatic carbocycles. The van der Waals surface area contributed by atoms with E-state index in [4.69, 9.17) is 0 Å². The van der Waals surface area contributed by atoms with E-state index in [-0.39, 0.29) is 5.69 Å². The van der Waals surface area contributed by atoms with Gasteiger partial charge in [-0.1, -0.05) is 24.3 Å². The highest BCUT2D eigenvalue weighted by Gasteiger charge is 2.18. The van der Waals surface area contributed by atoms with E-state index in [1.807, 2.05) is 24.4 Å². The number of nitrogens with zero attached hydrogens (tertiary/aromatic N) is 5. The second-order valence-electron chi connectivity index (χ2n) is 6.63. The molecule has 2 aliphatic rings. The largest absolute Gasteiger partial charge is 0.350 e. The molecule has 0 unspecified atom stereocenters. The minimum Gasteiger partial charge on any atom is -0.304 e. The first-order valence-electron chi connectivity index (χ1n) is 8.56. The van der Waals surface area contributed by atoms with Gasteiger partial charge in [0.15, 0.2) is 0 Å². The van der Waals surface area contributed by atoms with Crippen LogP contribution in [-0.4, -0.2) is 63.9 Å². The quantitative estimate of drug-likeness (QED) is 0.715. The molecular formula is C18H23N5O. The Morgan fingerprint density at radius 2 is 1.88 bits per heavy atom. The maximum atomic E-state index is 12.6. The second-order valence-corrected chi connectivity index (χ2v) is 6.63. The Hall–Kier alpha value is -2.18. The highest BCUT2D eigenvalue weighted by molar-refractivity contribution is 5.65. The predicted molar refractivity (Wildman–Crippen MR) is 94.9 cm³/mol. The number of likely N-dealkylation sites (N-methyl/N-ethyl adjacent to an activating group) is 1. The van der Waals surface area contributed by atoms with E-state index < -0.39 is 0 Å². The fourth-order valence-corrected chi connectivity index (χ4v) is 3.37. The zero-order chi connectivity index (χ0) is 16.5. The Bertz CT molecular complexity index is 811. The molecule has 1 aromatic heterocycles. The van der Waals surface area contributed by atoms with Crippen LogP contribution in [-0.2, 0) is 13.0 Å². The monoisotopic (exact) mass is 325 g/mol. The van der Waals surface area contributed by atoms with E-state index in [0.29, 0.717) is 13.0 Å². The van der Waals surface area contributed by atoms with E-state index in [2.05, 4.69) is 34.1 Å². The molecule has 0 bridgehead atoms. The number of piperazine rings is 1. The van der Waals surface area contributed by atoms with Crippen molar-refractivity contribution < 1.29 is 0 Å². The van der Waals surface area contributed by atoms with Crippen LogP contribution >= 0.6 is 0 Å². The molecule has 6 nitrogen and oxygen atoms in total. The summed E-state index contributed by atoms with van der Waals surface area (Å²) in [5.74, 6) is 0.819. The molecule has 126 valence electrons. The SMILES string of the molecule is CN1CCN(CCn2nc3n(c2=O)C=Cc2ccccc2C3)CC1. The van der Waals surface area contributed by atoms with Crippen molar-refractivity contribution in [1.82, 2.24) is 24.1 Å². The first kappa shape index (κ1) is 15.4. The Morgan fingerprint density at radius 1 is 1.08 bits per heavy atom. The number of aromatic nitrogens is 3. The molecule has 1 fully saturated rings. The molecule has 1 aromatic carbocycles. The summed E-state index contributed by atoms with van der Waals surface area (Å²) in [4.78, 5) is 17.4. The average molecular weight is 325 g/mol. The first-order chi connectivity index (χ1) is 11.7. The molecule has 4 rings (SSSR count). The summed E-state index contributed by atoms with van der Waals surface area (Å²) in [5.41, 5.74) is 2.33. The highest BCUT2D eigenvalue weighted by atomic mass is 16.2. The molecule has 2 aliphatic heterocycles. The molecule has 1 saturated heterocycles. The molecule has 24 heavy (non-hydrogen) atoms. The molecule has 0 atom stereocenters. The fraction of sp³-hybridized carbons (Fsp3) is 0.444. The maximum absolute atomic E-state index is 12.6. The van der Waals surface area contributed by atoms with Crippen molar-refractivity contribution in [3.05, 3.63) is 51.7 Å². The second kappa shape index (κ2) is 6.37. The first-order valence-corrected chi connectivity index (χ1v) is 8.56. The third-order valence-corrected chi connectivity index (χ3v) is 4.97. The topological polar surface area (TPSA) is 46.3 Å². The lowest BCUT2D eigenvalue weighted by molar-refractivity contribution is 0.148. The van der Waals surface area contributed by atoms with E-state index in [1.165, 1.54) is 5.56 Å². The van der Waals surface area contributed by atoms with Gasteiger partial charge in [0, 0.05) is 45.3 Å². The van der Waals surface area contributed by atoms with Gasteiger partial charge in [-0.25, -0.2) is 9.48 Å². The Balaban J connectivity index is 1.51. The molecule has 0 saturated carbocycles. The van der Waals surface area contributed by atoms with E-state index in [1.54, 1.807) is 9.25 Å². The lowest BCUT2D eigenvalue weighted by atomic mass is 10.1. The predicted octanol–water partition coefficient (Wildman–Crippen LogP) is 0.824. The summed E-state index contributed by atoms with van der Waals surface area (Å²) in [5, 5.41) is 4.59. The van der Waals surface area contributed by atoms with Gasteiger partial charge >= 0.3 is 5.69 Å². The van der Waals surface area contributed by atoms with Gasteiger partial charge in [-0.3, -0.25) is 9.47 Å². The van der Waals surface area contributed by atoms with Crippen LogP contribution in [0.15, 0.2) is 29.1 Å². The van der Waals surface area contributed by atoms with Gasteiger partial charge in [0.2, 0.25) is 0 Å². The average Bonchev–Trinajstić information content (AvgIpc) is 2.78. The molecule has 3 heterocycles. The van der Waals surface area contributed by atoms with E-state index in [9.17, 15) is 4.79 Å². The van der Waals surface area contributed by atoms with E-state index >= 15 is 0 Å². The Morgan fingerprint density at radius 3 is 2.71 bits per heavy atom. The number of hydrogen-bond donors (Lipinski definition) is 0. The summed E-state index contributed by atoms with van der Waals surface area (Å²) in [7, 11) is 2.15. The van der Waals surface area contributed by atoms with Gasteiger partial charge in [0.25, 0.3) is 0 Å². The summed E-state index contributed by atoms with van der Waals surface area (Å²) in [6.07, 6.45) is 4.54. The summed E-state index contributed by atoms with van der Waals surface area (Å²) in [6.45, 7) is 5.84. The van der Waals surface area contributed by atoms with Gasteiger partial charge in [-0.05, 0) is 24.3 Å². The number of benzene rings is 1. The van der Waals surface area contributed by atoms with Crippen molar-refractivity contribution in [1.29, 1.82) is 0 Å². The lowest BCUT2D eigenvalue weighted by Crippen LogP contribution is -2.45. The summed E-state index contributed by atoms with van der Waals surface area (Å²) < 4.78 is 3.30. The minimum atomic E-state index is -0.0387. The minimum absolute atomic E-state index is 0.0387. The van der Waals surface area contributed by atoms with Gasteiger partial charge in [-0.15, -0.1) is 0 Å². The van der Waals surface area contributed by atoms with Crippen LogP contribution < -0.4 is 5.69 Å². The van der Waals surface area contributed by atoms with Gasteiger partial charge in [0.05, 0.1) is 6.54 Å². The van der Waals surface area contributed by atoms with Crippen molar-refractivity contribution in [2.24, 2.45) is 0 Å². The van der Waals surface area contributed by atoms with Crippen molar-refractivity contribution >= 4 is 12.3 Å². The molecular weight excluding hydrogens is 302 g/mol. The third kappa shape index (κ3) is 2.95. The van der Waals surface area contributed by atoms with Gasteiger partial charge in [-0.2, -0.15) is 5.10 Å². The van der Waals surface area contributed by atoms with Crippen molar-refractivity contribution in [2.45, 2.75) is 13.0 Å².